The first-order valence-electron chi connectivity index (χ1n) is 4.22. The van der Waals surface area contributed by atoms with Crippen LogP contribution in [-0.2, 0) is 9.53 Å². The smallest absolute Gasteiger partial charge is 0.195 e. The largest absolute Gasteiger partial charge is 0.486 e. The summed E-state index contributed by atoms with van der Waals surface area (Å²) in [6, 6.07) is 4.31. The molecule has 0 saturated carbocycles. The monoisotopic (exact) mass is 276 g/mol. The van der Waals surface area contributed by atoms with Crippen LogP contribution in [0.5, 0.6) is 5.75 Å². The zero-order valence-corrected chi connectivity index (χ0v) is 9.71. The molecule has 3 nitrogen and oxygen atoms in total. The van der Waals surface area contributed by atoms with Gasteiger partial charge in [-0.1, -0.05) is 0 Å². The van der Waals surface area contributed by atoms with Crippen LogP contribution in [0.25, 0.3) is 0 Å². The molecular formula is C10H10BrFO3. The first-order chi connectivity index (χ1) is 7.13. The van der Waals surface area contributed by atoms with E-state index in [2.05, 4.69) is 20.7 Å². The van der Waals surface area contributed by atoms with Crippen LogP contribution in [0.4, 0.5) is 4.39 Å². The number of benzene rings is 1. The van der Waals surface area contributed by atoms with Crippen molar-refractivity contribution in [1.82, 2.24) is 0 Å². The van der Waals surface area contributed by atoms with E-state index in [0.717, 1.165) is 0 Å². The van der Waals surface area contributed by atoms with Crippen LogP contribution in [-0.4, -0.2) is 26.1 Å². The minimum atomic E-state index is -0.424. The molecule has 0 radical (unpaired) electrons. The van der Waals surface area contributed by atoms with Crippen molar-refractivity contribution in [2.45, 2.75) is 0 Å². The summed E-state index contributed by atoms with van der Waals surface area (Å²) in [6.07, 6.45) is 0. The lowest BCUT2D eigenvalue weighted by Gasteiger charge is -2.05. The maximum Gasteiger partial charge on any atom is 0.195 e. The van der Waals surface area contributed by atoms with E-state index in [4.69, 9.17) is 4.74 Å². The molecule has 0 fully saturated rings. The van der Waals surface area contributed by atoms with E-state index in [0.29, 0.717) is 10.2 Å². The third kappa shape index (κ3) is 3.97. The highest BCUT2D eigenvalue weighted by Gasteiger charge is 2.04. The van der Waals surface area contributed by atoms with Gasteiger partial charge in [0, 0.05) is 13.2 Å². The zero-order chi connectivity index (χ0) is 11.3. The van der Waals surface area contributed by atoms with Gasteiger partial charge in [-0.2, -0.15) is 0 Å². The van der Waals surface area contributed by atoms with Gasteiger partial charge in [0.25, 0.3) is 0 Å². The van der Waals surface area contributed by atoms with Crippen molar-refractivity contribution < 1.29 is 18.7 Å². The van der Waals surface area contributed by atoms with Gasteiger partial charge < -0.3 is 9.47 Å². The molecule has 0 aromatic heterocycles. The highest BCUT2D eigenvalue weighted by atomic mass is 79.9. The van der Waals surface area contributed by atoms with Gasteiger partial charge in [-0.25, -0.2) is 4.39 Å². The van der Waals surface area contributed by atoms with Crippen molar-refractivity contribution in [3.8, 4) is 5.75 Å². The fourth-order valence-electron chi connectivity index (χ4n) is 0.933. The van der Waals surface area contributed by atoms with Crippen LogP contribution in [0.3, 0.4) is 0 Å². The van der Waals surface area contributed by atoms with E-state index in [1.165, 1.54) is 19.2 Å². The first-order valence-corrected chi connectivity index (χ1v) is 5.01. The second-order valence-electron chi connectivity index (χ2n) is 2.84. The molecule has 5 heteroatoms. The molecule has 1 aromatic carbocycles. The summed E-state index contributed by atoms with van der Waals surface area (Å²) in [6.45, 7) is -0.117. The number of rotatable bonds is 5. The minimum Gasteiger partial charge on any atom is -0.486 e. The quantitative estimate of drug-likeness (QED) is 0.827. The molecule has 0 saturated heterocycles. The molecule has 0 bridgehead atoms. The number of carbonyl (C=O) groups is 1. The van der Waals surface area contributed by atoms with Gasteiger partial charge in [0.05, 0.1) is 4.47 Å². The number of halogens is 2. The average molecular weight is 277 g/mol. The van der Waals surface area contributed by atoms with Gasteiger partial charge >= 0.3 is 0 Å². The van der Waals surface area contributed by atoms with Gasteiger partial charge in [0.15, 0.2) is 5.78 Å². The Kier molecular flexibility index (Phi) is 4.71. The molecule has 0 amide bonds. The molecule has 82 valence electrons. The summed E-state index contributed by atoms with van der Waals surface area (Å²) < 4.78 is 23.1. The fourth-order valence-corrected chi connectivity index (χ4v) is 1.18. The number of ketones is 1. The molecule has 0 atom stereocenters. The van der Waals surface area contributed by atoms with Crippen LogP contribution in [0.2, 0.25) is 0 Å². The highest BCUT2D eigenvalue weighted by Crippen LogP contribution is 2.20. The summed E-state index contributed by atoms with van der Waals surface area (Å²) in [4.78, 5) is 11.0. The SMILES string of the molecule is COCC(=O)COc1ccc(Br)c(F)c1. The summed E-state index contributed by atoms with van der Waals surface area (Å²) in [5.74, 6) is -0.298. The Morgan fingerprint density at radius 1 is 1.47 bits per heavy atom. The topological polar surface area (TPSA) is 35.5 Å². The maximum absolute atomic E-state index is 13.0. The molecule has 1 aromatic rings. The predicted octanol–water partition coefficient (Wildman–Crippen LogP) is 2.18. The van der Waals surface area contributed by atoms with Gasteiger partial charge in [0.2, 0.25) is 0 Å². The number of carbonyl (C=O) groups excluding carboxylic acids is 1. The van der Waals surface area contributed by atoms with Crippen LogP contribution in [0.1, 0.15) is 0 Å². The zero-order valence-electron chi connectivity index (χ0n) is 8.13. The number of methoxy groups -OCH3 is 1. The lowest BCUT2D eigenvalue weighted by Crippen LogP contribution is -2.16. The van der Waals surface area contributed by atoms with Crippen LogP contribution in [0.15, 0.2) is 22.7 Å². The van der Waals surface area contributed by atoms with Crippen molar-refractivity contribution in [3.63, 3.8) is 0 Å². The third-order valence-electron chi connectivity index (χ3n) is 1.60. The molecule has 0 unspecified atom stereocenters. The molecule has 0 aliphatic carbocycles. The van der Waals surface area contributed by atoms with E-state index in [9.17, 15) is 9.18 Å². The molecule has 0 spiro atoms. The lowest BCUT2D eigenvalue weighted by atomic mass is 10.3. The summed E-state index contributed by atoms with van der Waals surface area (Å²) in [7, 11) is 1.43. The van der Waals surface area contributed by atoms with E-state index < -0.39 is 5.82 Å². The predicted molar refractivity (Wildman–Crippen MR) is 56.5 cm³/mol. The van der Waals surface area contributed by atoms with Gasteiger partial charge in [-0.3, -0.25) is 4.79 Å². The first kappa shape index (κ1) is 12.1. The number of hydrogen-bond acceptors (Lipinski definition) is 3. The molecule has 15 heavy (non-hydrogen) atoms. The van der Waals surface area contributed by atoms with Gasteiger partial charge in [-0.05, 0) is 28.1 Å². The molecular weight excluding hydrogens is 267 g/mol. The lowest BCUT2D eigenvalue weighted by molar-refractivity contribution is -0.124. The Morgan fingerprint density at radius 2 is 2.20 bits per heavy atom. The molecule has 0 aliphatic rings. The molecule has 1 rings (SSSR count). The number of ether oxygens (including phenoxy) is 2. The van der Waals surface area contributed by atoms with E-state index in [1.54, 1.807) is 6.07 Å². The van der Waals surface area contributed by atoms with E-state index >= 15 is 0 Å². The normalized spacial score (nSPS) is 10.1. The summed E-state index contributed by atoms with van der Waals surface area (Å²) in [5, 5.41) is 0. The molecule has 0 heterocycles. The number of Topliss-reactive ketones (excluding diaryl/α,β-unsaturated/α-hetero) is 1. The second-order valence-corrected chi connectivity index (χ2v) is 3.69. The third-order valence-corrected chi connectivity index (χ3v) is 2.24. The summed E-state index contributed by atoms with van der Waals surface area (Å²) >= 11 is 3.02. The number of hydrogen-bond donors (Lipinski definition) is 0. The van der Waals surface area contributed by atoms with Crippen molar-refractivity contribution in [2.24, 2.45) is 0 Å². The Balaban J connectivity index is 2.51. The van der Waals surface area contributed by atoms with Crippen molar-refractivity contribution in [2.75, 3.05) is 20.3 Å². The van der Waals surface area contributed by atoms with Crippen molar-refractivity contribution in [1.29, 1.82) is 0 Å². The Bertz CT molecular complexity index is 355. The van der Waals surface area contributed by atoms with Crippen LogP contribution >= 0.6 is 15.9 Å². The Morgan fingerprint density at radius 3 is 2.80 bits per heavy atom. The van der Waals surface area contributed by atoms with Crippen LogP contribution in [0, 0.1) is 5.82 Å². The average Bonchev–Trinajstić information content (AvgIpc) is 2.20. The Hall–Kier alpha value is -0.940. The van der Waals surface area contributed by atoms with Gasteiger partial charge in [0.1, 0.15) is 24.8 Å². The van der Waals surface area contributed by atoms with E-state index in [-0.39, 0.29) is 19.0 Å². The van der Waals surface area contributed by atoms with Crippen LogP contribution < -0.4 is 4.74 Å². The Labute approximate surface area is 95.3 Å². The maximum atomic E-state index is 13.0. The van der Waals surface area contributed by atoms with Gasteiger partial charge in [-0.15, -0.1) is 0 Å². The standard InChI is InChI=1S/C10H10BrFO3/c1-14-5-7(13)6-15-8-2-3-9(11)10(12)4-8/h2-4H,5-6H2,1H3. The fraction of sp³-hybridized carbons (Fsp3) is 0.300. The summed E-state index contributed by atoms with van der Waals surface area (Å²) in [5.41, 5.74) is 0. The second kappa shape index (κ2) is 5.82. The molecule has 0 aliphatic heterocycles. The van der Waals surface area contributed by atoms with E-state index in [1.807, 2.05) is 0 Å². The van der Waals surface area contributed by atoms with Crippen molar-refractivity contribution in [3.05, 3.63) is 28.5 Å². The minimum absolute atomic E-state index is 0.000982. The van der Waals surface area contributed by atoms with Crippen molar-refractivity contribution >= 4 is 21.7 Å². The highest BCUT2D eigenvalue weighted by molar-refractivity contribution is 9.10. The molecule has 0 N–H and O–H groups in total.